The molecular weight excluding hydrogens is 565 g/mol. The zero-order chi connectivity index (χ0) is 29.5. The van der Waals surface area contributed by atoms with Gasteiger partial charge in [0.15, 0.2) is 0 Å². The number of nitrogens with zero attached hydrogens (tertiary/aromatic N) is 2. The van der Waals surface area contributed by atoms with Crippen molar-refractivity contribution in [3.8, 4) is 22.5 Å². The molecule has 3 aromatic heterocycles. The first-order chi connectivity index (χ1) is 22.3. The molecule has 45 heavy (non-hydrogen) atoms. The van der Waals surface area contributed by atoms with Gasteiger partial charge in [0.1, 0.15) is 0 Å². The van der Waals surface area contributed by atoms with Crippen LogP contribution < -0.4 is 0 Å². The van der Waals surface area contributed by atoms with E-state index in [1.165, 1.54) is 86.3 Å². The highest BCUT2D eigenvalue weighted by Gasteiger charge is 2.17. The van der Waals surface area contributed by atoms with Gasteiger partial charge < -0.3 is 9.13 Å². The normalized spacial score (nSPS) is 12.0. The van der Waals surface area contributed by atoms with E-state index < -0.39 is 0 Å². The first-order valence-corrected chi connectivity index (χ1v) is 16.2. The van der Waals surface area contributed by atoms with Crippen LogP contribution in [-0.4, -0.2) is 9.13 Å². The van der Waals surface area contributed by atoms with E-state index in [9.17, 15) is 0 Å². The van der Waals surface area contributed by atoms with Crippen molar-refractivity contribution in [3.63, 3.8) is 0 Å². The van der Waals surface area contributed by atoms with Gasteiger partial charge in [0, 0.05) is 42.7 Å². The molecule has 0 saturated heterocycles. The molecule has 0 aliphatic heterocycles. The third-order valence-corrected chi connectivity index (χ3v) is 10.5. The van der Waals surface area contributed by atoms with Gasteiger partial charge >= 0.3 is 0 Å². The summed E-state index contributed by atoms with van der Waals surface area (Å²) in [4.78, 5) is 0. The topological polar surface area (TPSA) is 9.86 Å². The fraction of sp³-hybridized carbons (Fsp3) is 0. The van der Waals surface area contributed by atoms with Gasteiger partial charge in [-0.25, -0.2) is 0 Å². The highest BCUT2D eigenvalue weighted by Crippen LogP contribution is 2.42. The number of aromatic nitrogens is 2. The Morgan fingerprint density at radius 1 is 0.356 bits per heavy atom. The molecule has 0 unspecified atom stereocenters. The predicted molar refractivity (Wildman–Crippen MR) is 193 cm³/mol. The van der Waals surface area contributed by atoms with Crippen molar-refractivity contribution in [2.45, 2.75) is 0 Å². The first kappa shape index (κ1) is 24.8. The Morgan fingerprint density at radius 2 is 0.911 bits per heavy atom. The Balaban J connectivity index is 1.19. The molecule has 0 saturated carbocycles. The van der Waals surface area contributed by atoms with Gasteiger partial charge in [-0.15, -0.1) is 11.3 Å². The van der Waals surface area contributed by atoms with Crippen molar-refractivity contribution in [3.05, 3.63) is 158 Å². The molecule has 0 fully saturated rings. The summed E-state index contributed by atoms with van der Waals surface area (Å²) in [5.74, 6) is 0. The second kappa shape index (κ2) is 9.43. The fourth-order valence-electron chi connectivity index (χ4n) is 7.35. The standard InChI is InChI=1S/C42H26N2S/c1-5-18-36-30(13-1)31-14-2-6-19-37(31)43(36)29-12-9-11-27(25-29)28-23-24-39-35(26-28)32-15-3-7-20-38(32)44(39)40-21-10-17-34-33-16-4-8-22-41(33)45-42(34)40/h1-26H. The Morgan fingerprint density at radius 3 is 1.67 bits per heavy atom. The van der Waals surface area contributed by atoms with Gasteiger partial charge in [-0.05, 0) is 65.7 Å². The SMILES string of the molecule is c1cc(-c2ccc3c(c2)c2ccccc2n3-c2cccc3c2sc2ccccc23)cc(-n2c3ccccc3c3ccccc32)c1. The number of hydrogen-bond acceptors (Lipinski definition) is 1. The summed E-state index contributed by atoms with van der Waals surface area (Å²) in [6.07, 6.45) is 0. The molecule has 7 aromatic carbocycles. The molecule has 3 heteroatoms. The van der Waals surface area contributed by atoms with E-state index in [1.807, 2.05) is 11.3 Å². The largest absolute Gasteiger partial charge is 0.309 e. The molecule has 10 aromatic rings. The quantitative estimate of drug-likeness (QED) is 0.194. The van der Waals surface area contributed by atoms with Crippen LogP contribution in [0.2, 0.25) is 0 Å². The van der Waals surface area contributed by atoms with Crippen molar-refractivity contribution >= 4 is 75.1 Å². The third kappa shape index (κ3) is 3.56. The van der Waals surface area contributed by atoms with Crippen LogP contribution in [0, 0.1) is 0 Å². The van der Waals surface area contributed by atoms with E-state index in [0.717, 1.165) is 0 Å². The minimum Gasteiger partial charge on any atom is -0.309 e. The Kier molecular flexibility index (Phi) is 5.19. The summed E-state index contributed by atoms with van der Waals surface area (Å²) in [5, 5.41) is 7.74. The molecule has 0 aliphatic rings. The molecular formula is C42H26N2S. The van der Waals surface area contributed by atoms with Crippen LogP contribution in [0.4, 0.5) is 0 Å². The zero-order valence-electron chi connectivity index (χ0n) is 24.3. The second-order valence-electron chi connectivity index (χ2n) is 11.8. The number of rotatable bonds is 3. The monoisotopic (exact) mass is 590 g/mol. The number of benzene rings is 7. The maximum atomic E-state index is 2.46. The summed E-state index contributed by atoms with van der Waals surface area (Å²) in [6, 6.07) is 57.6. The number of hydrogen-bond donors (Lipinski definition) is 0. The lowest BCUT2D eigenvalue weighted by Crippen LogP contribution is -1.94. The minimum atomic E-state index is 1.17. The molecule has 0 radical (unpaired) electrons. The van der Waals surface area contributed by atoms with Crippen LogP contribution in [0.15, 0.2) is 158 Å². The average Bonchev–Trinajstić information content (AvgIpc) is 3.76. The average molecular weight is 591 g/mol. The lowest BCUT2D eigenvalue weighted by atomic mass is 10.0. The van der Waals surface area contributed by atoms with E-state index in [1.54, 1.807) is 0 Å². The van der Waals surface area contributed by atoms with Crippen molar-refractivity contribution in [2.24, 2.45) is 0 Å². The van der Waals surface area contributed by atoms with Gasteiger partial charge in [-0.1, -0.05) is 103 Å². The number of thiophene rings is 1. The highest BCUT2D eigenvalue weighted by atomic mass is 32.1. The maximum absolute atomic E-state index is 2.46. The summed E-state index contributed by atoms with van der Waals surface area (Å²) in [6.45, 7) is 0. The van der Waals surface area contributed by atoms with E-state index in [-0.39, 0.29) is 0 Å². The predicted octanol–water partition coefficient (Wildman–Crippen LogP) is 11.9. The van der Waals surface area contributed by atoms with E-state index >= 15 is 0 Å². The van der Waals surface area contributed by atoms with Gasteiger partial charge in [-0.2, -0.15) is 0 Å². The summed E-state index contributed by atoms with van der Waals surface area (Å²) < 4.78 is 7.50. The molecule has 10 rings (SSSR count). The van der Waals surface area contributed by atoms with Gasteiger partial charge in [0.2, 0.25) is 0 Å². The third-order valence-electron chi connectivity index (χ3n) is 9.31. The Bertz CT molecular complexity index is 2720. The molecule has 3 heterocycles. The van der Waals surface area contributed by atoms with Crippen LogP contribution in [0.5, 0.6) is 0 Å². The molecule has 0 bridgehead atoms. The second-order valence-corrected chi connectivity index (χ2v) is 12.8. The van der Waals surface area contributed by atoms with E-state index in [0.29, 0.717) is 0 Å². The van der Waals surface area contributed by atoms with Crippen molar-refractivity contribution in [1.29, 1.82) is 0 Å². The lowest BCUT2D eigenvalue weighted by molar-refractivity contribution is 1.18. The van der Waals surface area contributed by atoms with E-state index in [4.69, 9.17) is 0 Å². The Labute approximate surface area is 263 Å². The highest BCUT2D eigenvalue weighted by molar-refractivity contribution is 7.26. The van der Waals surface area contributed by atoms with Gasteiger partial charge in [-0.3, -0.25) is 0 Å². The van der Waals surface area contributed by atoms with Gasteiger partial charge in [0.05, 0.1) is 32.5 Å². The fourth-order valence-corrected chi connectivity index (χ4v) is 8.55. The lowest BCUT2D eigenvalue weighted by Gasteiger charge is -2.11. The number of para-hydroxylation sites is 3. The Hall–Kier alpha value is -5.64. The molecule has 210 valence electrons. The molecule has 0 atom stereocenters. The van der Waals surface area contributed by atoms with Crippen molar-refractivity contribution in [1.82, 2.24) is 9.13 Å². The first-order valence-electron chi connectivity index (χ1n) is 15.4. The van der Waals surface area contributed by atoms with Crippen LogP contribution in [0.3, 0.4) is 0 Å². The van der Waals surface area contributed by atoms with Crippen LogP contribution in [0.1, 0.15) is 0 Å². The molecule has 2 nitrogen and oxygen atoms in total. The molecule has 0 N–H and O–H groups in total. The van der Waals surface area contributed by atoms with E-state index in [2.05, 4.69) is 167 Å². The number of fused-ring (bicyclic) bond motifs is 9. The summed E-state index contributed by atoms with van der Waals surface area (Å²) >= 11 is 1.88. The molecule has 0 aliphatic carbocycles. The summed E-state index contributed by atoms with van der Waals surface area (Å²) in [7, 11) is 0. The van der Waals surface area contributed by atoms with Crippen molar-refractivity contribution in [2.75, 3.05) is 0 Å². The van der Waals surface area contributed by atoms with Crippen LogP contribution in [0.25, 0.3) is 86.3 Å². The van der Waals surface area contributed by atoms with Crippen LogP contribution in [-0.2, 0) is 0 Å². The van der Waals surface area contributed by atoms with Crippen LogP contribution >= 0.6 is 11.3 Å². The van der Waals surface area contributed by atoms with Gasteiger partial charge in [0.25, 0.3) is 0 Å². The molecule has 0 spiro atoms. The zero-order valence-corrected chi connectivity index (χ0v) is 25.1. The van der Waals surface area contributed by atoms with Crippen molar-refractivity contribution < 1.29 is 0 Å². The summed E-state index contributed by atoms with van der Waals surface area (Å²) in [5.41, 5.74) is 9.74. The maximum Gasteiger partial charge on any atom is 0.0640 e. The molecule has 0 amide bonds. The minimum absolute atomic E-state index is 1.17. The smallest absolute Gasteiger partial charge is 0.0640 e.